The second-order valence-corrected chi connectivity index (χ2v) is 14.8. The number of hydrogen-bond acceptors (Lipinski definition) is 11. The normalized spacial score (nSPS) is 21.3. The first-order valence-corrected chi connectivity index (χ1v) is 18.1. The van der Waals surface area contributed by atoms with Gasteiger partial charge in [0.2, 0.25) is 16.0 Å². The zero-order chi connectivity index (χ0) is 33.0. The monoisotopic (exact) mass is 685 g/mol. The molecule has 1 aromatic heterocycles. The molecule has 1 aliphatic carbocycles. The van der Waals surface area contributed by atoms with E-state index < -0.39 is 10.0 Å². The Balaban J connectivity index is 1.19. The number of nitrogens with one attached hydrogen (secondary N) is 2. The lowest BCUT2D eigenvalue weighted by molar-refractivity contribution is 0.0805. The minimum atomic E-state index is -3.81. The van der Waals surface area contributed by atoms with Gasteiger partial charge in [-0.15, -0.1) is 0 Å². The topological polar surface area (TPSA) is 143 Å². The molecule has 3 aromatic rings. The van der Waals surface area contributed by atoms with Crippen molar-refractivity contribution in [3.8, 4) is 5.75 Å². The maximum atomic E-state index is 13.6. The van der Waals surface area contributed by atoms with Crippen molar-refractivity contribution in [2.75, 3.05) is 76.8 Å². The first-order valence-electron chi connectivity index (χ1n) is 16.3. The van der Waals surface area contributed by atoms with Gasteiger partial charge in [0, 0.05) is 58.5 Å². The van der Waals surface area contributed by atoms with Gasteiger partial charge in [0.1, 0.15) is 15.7 Å². The minimum absolute atomic E-state index is 0.0436. The van der Waals surface area contributed by atoms with Crippen LogP contribution in [0.25, 0.3) is 0 Å². The number of β-amino-alcohol motifs (C(OH)–C–C–N with tert-alkyl or cyclic N) is 1. The van der Waals surface area contributed by atoms with Crippen molar-refractivity contribution in [2.24, 2.45) is 5.92 Å². The quantitative estimate of drug-likeness (QED) is 0.220. The number of benzene rings is 2. The average Bonchev–Trinajstić information content (AvgIpc) is 3.49. The first-order chi connectivity index (χ1) is 22.8. The van der Waals surface area contributed by atoms with Crippen molar-refractivity contribution < 1.29 is 23.4 Å². The number of halogens is 1. The molecule has 3 heterocycles. The second kappa shape index (κ2) is 15.0. The number of para-hydroxylation sites is 1. The molecule has 0 bridgehead atoms. The fourth-order valence-corrected chi connectivity index (χ4v) is 8.72. The van der Waals surface area contributed by atoms with Gasteiger partial charge in [0.25, 0.3) is 0 Å². The number of rotatable bonds is 11. The van der Waals surface area contributed by atoms with E-state index in [0.29, 0.717) is 30.4 Å². The number of aliphatic hydroxyl groups is 2. The second-order valence-electron chi connectivity index (χ2n) is 12.5. The van der Waals surface area contributed by atoms with Crippen LogP contribution in [0, 0.1) is 5.92 Å². The lowest BCUT2D eigenvalue weighted by atomic mass is 9.99. The third-order valence-electron chi connectivity index (χ3n) is 9.56. The highest BCUT2D eigenvalue weighted by atomic mass is 35.5. The minimum Gasteiger partial charge on any atom is -0.495 e. The maximum Gasteiger partial charge on any atom is 0.245 e. The summed E-state index contributed by atoms with van der Waals surface area (Å²) in [6.07, 6.45) is 6.23. The van der Waals surface area contributed by atoms with Crippen LogP contribution in [-0.2, 0) is 22.9 Å². The number of aryl methyl sites for hydroxylation is 1. The fourth-order valence-electron chi connectivity index (χ4n) is 6.91. The van der Waals surface area contributed by atoms with Crippen molar-refractivity contribution in [3.63, 3.8) is 0 Å². The molecule has 47 heavy (non-hydrogen) atoms. The first kappa shape index (κ1) is 33.8. The molecular weight excluding hydrogens is 642 g/mol. The highest BCUT2D eigenvalue weighted by Gasteiger charge is 2.34. The molecule has 0 radical (unpaired) electrons. The zero-order valence-electron chi connectivity index (χ0n) is 26.7. The van der Waals surface area contributed by atoms with E-state index in [1.165, 1.54) is 21.6 Å². The Labute approximate surface area is 281 Å². The molecule has 2 fully saturated rings. The Bertz CT molecular complexity index is 1650. The van der Waals surface area contributed by atoms with Crippen molar-refractivity contribution >= 4 is 44.8 Å². The molecule has 2 aromatic carbocycles. The molecule has 12 nitrogen and oxygen atoms in total. The van der Waals surface area contributed by atoms with Gasteiger partial charge in [-0.05, 0) is 73.4 Å². The summed E-state index contributed by atoms with van der Waals surface area (Å²) in [6, 6.07) is 11.4. The van der Waals surface area contributed by atoms with Gasteiger partial charge < -0.3 is 25.6 Å². The number of methoxy groups -OCH3 is 1. The van der Waals surface area contributed by atoms with Gasteiger partial charge in [0.15, 0.2) is 5.82 Å². The van der Waals surface area contributed by atoms with Gasteiger partial charge in [-0.2, -0.15) is 9.29 Å². The van der Waals surface area contributed by atoms with E-state index in [2.05, 4.69) is 42.5 Å². The zero-order valence-corrected chi connectivity index (χ0v) is 28.3. The number of piperazine rings is 1. The SMILES string of the molecule is COc1cc2c(cc1Nc1ncc(Cl)c(Nc3ccccc3S(=O)(=O)N3CCC(CO)C3)n1)CCCC(N1CCN(CCO)CC1)C2. The van der Waals surface area contributed by atoms with Crippen LogP contribution in [0.5, 0.6) is 5.75 Å². The van der Waals surface area contributed by atoms with Crippen molar-refractivity contribution in [1.82, 2.24) is 24.1 Å². The maximum absolute atomic E-state index is 13.6. The molecule has 2 saturated heterocycles. The Morgan fingerprint density at radius 2 is 1.83 bits per heavy atom. The smallest absolute Gasteiger partial charge is 0.245 e. The summed E-state index contributed by atoms with van der Waals surface area (Å²) in [7, 11) is -2.16. The lowest BCUT2D eigenvalue weighted by Crippen LogP contribution is -2.51. The van der Waals surface area contributed by atoms with Gasteiger partial charge in [-0.25, -0.2) is 13.4 Å². The van der Waals surface area contributed by atoms with Crippen molar-refractivity contribution in [3.05, 3.63) is 58.7 Å². The predicted octanol–water partition coefficient (Wildman–Crippen LogP) is 3.49. The number of anilines is 4. The molecule has 3 aliphatic rings. The molecule has 6 rings (SSSR count). The summed E-state index contributed by atoms with van der Waals surface area (Å²) in [5, 5.41) is 25.5. The van der Waals surface area contributed by atoms with E-state index in [1.54, 1.807) is 31.4 Å². The Hall–Kier alpha value is -3.04. The van der Waals surface area contributed by atoms with Gasteiger partial charge in [-0.1, -0.05) is 23.7 Å². The Morgan fingerprint density at radius 3 is 2.57 bits per heavy atom. The van der Waals surface area contributed by atoms with Crippen LogP contribution in [-0.4, -0.2) is 115 Å². The summed E-state index contributed by atoms with van der Waals surface area (Å²) < 4.78 is 34.4. The van der Waals surface area contributed by atoms with Gasteiger partial charge in [0.05, 0.1) is 31.3 Å². The number of fused-ring (bicyclic) bond motifs is 1. The fraction of sp³-hybridized carbons (Fsp3) is 0.515. The molecule has 4 N–H and O–H groups in total. The number of sulfonamides is 1. The highest BCUT2D eigenvalue weighted by Crippen LogP contribution is 2.36. The largest absolute Gasteiger partial charge is 0.495 e. The van der Waals surface area contributed by atoms with Crippen molar-refractivity contribution in [1.29, 1.82) is 0 Å². The molecule has 2 atom stereocenters. The van der Waals surface area contributed by atoms with Crippen LogP contribution in [0.4, 0.5) is 23.1 Å². The number of ether oxygens (including phenoxy) is 1. The molecule has 0 saturated carbocycles. The molecule has 254 valence electrons. The van der Waals surface area contributed by atoms with Crippen LogP contribution in [0.1, 0.15) is 30.4 Å². The predicted molar refractivity (Wildman–Crippen MR) is 183 cm³/mol. The number of aromatic nitrogens is 2. The van der Waals surface area contributed by atoms with Crippen LogP contribution in [0.2, 0.25) is 5.02 Å². The summed E-state index contributed by atoms with van der Waals surface area (Å²) in [5.74, 6) is 1.17. The number of hydrogen-bond donors (Lipinski definition) is 4. The van der Waals surface area contributed by atoms with Crippen LogP contribution >= 0.6 is 11.6 Å². The van der Waals surface area contributed by atoms with Gasteiger partial charge >= 0.3 is 0 Å². The van der Waals surface area contributed by atoms with Crippen molar-refractivity contribution in [2.45, 2.75) is 43.0 Å². The summed E-state index contributed by atoms with van der Waals surface area (Å²) in [4.78, 5) is 14.1. The number of aliphatic hydroxyl groups excluding tert-OH is 2. The number of nitrogens with zero attached hydrogens (tertiary/aromatic N) is 5. The molecule has 2 unspecified atom stereocenters. The molecule has 14 heteroatoms. The van der Waals surface area contributed by atoms with E-state index in [9.17, 15) is 18.6 Å². The van der Waals surface area contributed by atoms with E-state index >= 15 is 0 Å². The standard InChI is InChI=1S/C33H44ClN7O5S/c1-46-30-19-25-17-26(40-13-11-39(12-14-40)15-16-42)6-4-5-24(25)18-29(30)37-33-35-20-27(34)32(38-33)36-28-7-2-3-8-31(28)47(44,45)41-10-9-23(21-41)22-43/h2-3,7-8,18-20,23,26,42-43H,4-6,9-17,21-22H2,1H3,(H2,35,36,37,38). The van der Waals surface area contributed by atoms with E-state index in [0.717, 1.165) is 64.1 Å². The molecule has 2 aliphatic heterocycles. The highest BCUT2D eigenvalue weighted by molar-refractivity contribution is 7.89. The van der Waals surface area contributed by atoms with E-state index in [4.69, 9.17) is 16.3 Å². The Kier molecular flexibility index (Phi) is 10.8. The third kappa shape index (κ3) is 7.67. The molecular formula is C33H44ClN7O5S. The van der Waals surface area contributed by atoms with E-state index in [-0.39, 0.29) is 47.4 Å². The summed E-state index contributed by atoms with van der Waals surface area (Å²) in [5.41, 5.74) is 3.64. The average molecular weight is 686 g/mol. The third-order valence-corrected chi connectivity index (χ3v) is 11.8. The lowest BCUT2D eigenvalue weighted by Gasteiger charge is -2.39. The van der Waals surface area contributed by atoms with Gasteiger partial charge in [-0.3, -0.25) is 9.80 Å². The van der Waals surface area contributed by atoms with E-state index in [1.807, 2.05) is 0 Å². The summed E-state index contributed by atoms with van der Waals surface area (Å²) in [6.45, 7) is 5.53. The Morgan fingerprint density at radius 1 is 1.02 bits per heavy atom. The van der Waals surface area contributed by atoms with Crippen LogP contribution in [0.15, 0.2) is 47.5 Å². The summed E-state index contributed by atoms with van der Waals surface area (Å²) >= 11 is 6.51. The molecule has 0 spiro atoms. The van der Waals surface area contributed by atoms with Crippen LogP contribution in [0.3, 0.4) is 0 Å². The molecule has 0 amide bonds. The van der Waals surface area contributed by atoms with Crippen LogP contribution < -0.4 is 15.4 Å².